The van der Waals surface area contributed by atoms with Crippen molar-refractivity contribution in [3.05, 3.63) is 0 Å². The molecule has 0 aromatic rings. The molecule has 3 unspecified atom stereocenters. The highest BCUT2D eigenvalue weighted by Crippen LogP contribution is 2.24. The Kier molecular flexibility index (Phi) is 5.64. The second-order valence-corrected chi connectivity index (χ2v) is 6.97. The van der Waals surface area contributed by atoms with E-state index in [9.17, 15) is 4.79 Å². The van der Waals surface area contributed by atoms with E-state index in [1.54, 1.807) is 0 Å². The normalized spacial score (nSPS) is 27.4. The van der Waals surface area contributed by atoms with Gasteiger partial charge in [-0.05, 0) is 24.2 Å². The zero-order valence-electron chi connectivity index (χ0n) is 12.5. The SMILES string of the molecule is CC1CCCCCC1NC(=O)CC(N)C(C)(C)C. The molecule has 3 atom stereocenters. The summed E-state index contributed by atoms with van der Waals surface area (Å²) in [4.78, 5) is 12.0. The molecule has 0 spiro atoms. The highest BCUT2D eigenvalue weighted by Gasteiger charge is 2.26. The molecule has 3 N–H and O–H groups in total. The summed E-state index contributed by atoms with van der Waals surface area (Å²) in [6.07, 6.45) is 6.63. The van der Waals surface area contributed by atoms with Gasteiger partial charge in [-0.15, -0.1) is 0 Å². The largest absolute Gasteiger partial charge is 0.353 e. The lowest BCUT2D eigenvalue weighted by molar-refractivity contribution is -0.123. The lowest BCUT2D eigenvalue weighted by Gasteiger charge is -2.28. The van der Waals surface area contributed by atoms with Crippen LogP contribution in [0.15, 0.2) is 0 Å². The second kappa shape index (κ2) is 6.55. The van der Waals surface area contributed by atoms with Crippen LogP contribution in [0.25, 0.3) is 0 Å². The minimum absolute atomic E-state index is 0.00753. The van der Waals surface area contributed by atoms with Crippen LogP contribution in [0.5, 0.6) is 0 Å². The minimum Gasteiger partial charge on any atom is -0.353 e. The number of hydrogen-bond acceptors (Lipinski definition) is 2. The molecular weight excluding hydrogens is 224 g/mol. The lowest BCUT2D eigenvalue weighted by Crippen LogP contribution is -2.44. The first-order valence-corrected chi connectivity index (χ1v) is 7.35. The summed E-state index contributed by atoms with van der Waals surface area (Å²) in [5.74, 6) is 0.721. The van der Waals surface area contributed by atoms with Crippen molar-refractivity contribution >= 4 is 5.91 Å². The Balaban J connectivity index is 2.43. The predicted octanol–water partition coefficient (Wildman–Crippen LogP) is 2.83. The third-order valence-corrected chi connectivity index (χ3v) is 4.23. The molecule has 1 rings (SSSR count). The summed E-state index contributed by atoms with van der Waals surface area (Å²) < 4.78 is 0. The third kappa shape index (κ3) is 4.97. The zero-order valence-corrected chi connectivity index (χ0v) is 12.5. The van der Waals surface area contributed by atoms with Crippen molar-refractivity contribution in [2.24, 2.45) is 17.1 Å². The Labute approximate surface area is 112 Å². The Bertz CT molecular complexity index is 270. The van der Waals surface area contributed by atoms with Crippen molar-refractivity contribution in [1.82, 2.24) is 5.32 Å². The lowest BCUT2D eigenvalue weighted by atomic mass is 9.85. The molecule has 1 saturated carbocycles. The van der Waals surface area contributed by atoms with Gasteiger partial charge in [-0.3, -0.25) is 4.79 Å². The number of rotatable bonds is 3. The van der Waals surface area contributed by atoms with E-state index in [1.807, 2.05) is 0 Å². The maximum absolute atomic E-state index is 12.0. The van der Waals surface area contributed by atoms with Gasteiger partial charge < -0.3 is 11.1 Å². The molecule has 1 aliphatic rings. The van der Waals surface area contributed by atoms with Crippen molar-refractivity contribution in [2.45, 2.75) is 78.3 Å². The Morgan fingerprint density at radius 3 is 2.50 bits per heavy atom. The quantitative estimate of drug-likeness (QED) is 0.761. The molecule has 1 aliphatic carbocycles. The van der Waals surface area contributed by atoms with Gasteiger partial charge in [0.25, 0.3) is 0 Å². The maximum atomic E-state index is 12.0. The first-order valence-electron chi connectivity index (χ1n) is 7.35. The molecule has 0 heterocycles. The van der Waals surface area contributed by atoms with Gasteiger partial charge in [0.15, 0.2) is 0 Å². The van der Waals surface area contributed by atoms with Crippen LogP contribution >= 0.6 is 0 Å². The molecule has 1 fully saturated rings. The summed E-state index contributed by atoms with van der Waals surface area (Å²) in [6.45, 7) is 8.50. The van der Waals surface area contributed by atoms with E-state index in [4.69, 9.17) is 5.73 Å². The highest BCUT2D eigenvalue weighted by molar-refractivity contribution is 5.77. The molecular formula is C15H30N2O. The van der Waals surface area contributed by atoms with Crippen LogP contribution in [0.3, 0.4) is 0 Å². The second-order valence-electron chi connectivity index (χ2n) is 6.97. The number of carbonyl (C=O) groups excluding carboxylic acids is 1. The summed E-state index contributed by atoms with van der Waals surface area (Å²) in [7, 11) is 0. The van der Waals surface area contributed by atoms with Gasteiger partial charge in [-0.1, -0.05) is 47.0 Å². The van der Waals surface area contributed by atoms with Gasteiger partial charge in [-0.25, -0.2) is 0 Å². The van der Waals surface area contributed by atoms with Crippen LogP contribution in [0.4, 0.5) is 0 Å². The molecule has 0 saturated heterocycles. The van der Waals surface area contributed by atoms with Crippen LogP contribution in [0.1, 0.15) is 66.2 Å². The summed E-state index contributed by atoms with van der Waals surface area (Å²) in [5.41, 5.74) is 6.05. The monoisotopic (exact) mass is 254 g/mol. The first kappa shape index (κ1) is 15.5. The van der Waals surface area contributed by atoms with Crippen molar-refractivity contribution in [2.75, 3.05) is 0 Å². The standard InChI is InChI=1S/C15H30N2O/c1-11-8-6-5-7-9-12(11)17-14(18)10-13(16)15(2,3)4/h11-13H,5-10,16H2,1-4H3,(H,17,18). The van der Waals surface area contributed by atoms with Gasteiger partial charge in [0, 0.05) is 18.5 Å². The Morgan fingerprint density at radius 2 is 1.89 bits per heavy atom. The van der Waals surface area contributed by atoms with E-state index in [0.717, 1.165) is 6.42 Å². The van der Waals surface area contributed by atoms with E-state index >= 15 is 0 Å². The van der Waals surface area contributed by atoms with Crippen molar-refractivity contribution < 1.29 is 4.79 Å². The molecule has 3 heteroatoms. The molecule has 0 bridgehead atoms. The van der Waals surface area contributed by atoms with Crippen LogP contribution in [-0.4, -0.2) is 18.0 Å². The fraction of sp³-hybridized carbons (Fsp3) is 0.933. The molecule has 3 nitrogen and oxygen atoms in total. The minimum atomic E-state index is -0.0708. The van der Waals surface area contributed by atoms with Crippen molar-refractivity contribution in [3.63, 3.8) is 0 Å². The number of hydrogen-bond donors (Lipinski definition) is 2. The topological polar surface area (TPSA) is 55.1 Å². The van der Waals surface area contributed by atoms with Crippen LogP contribution < -0.4 is 11.1 Å². The smallest absolute Gasteiger partial charge is 0.221 e. The van der Waals surface area contributed by atoms with Gasteiger partial charge in [0.1, 0.15) is 0 Å². The number of nitrogens with one attached hydrogen (secondary N) is 1. The summed E-state index contributed by atoms with van der Waals surface area (Å²) in [5, 5.41) is 3.19. The fourth-order valence-corrected chi connectivity index (χ4v) is 2.48. The molecule has 0 radical (unpaired) electrons. The van der Waals surface area contributed by atoms with Gasteiger partial charge >= 0.3 is 0 Å². The average Bonchev–Trinajstić information content (AvgIpc) is 2.43. The summed E-state index contributed by atoms with van der Waals surface area (Å²) >= 11 is 0. The Morgan fingerprint density at radius 1 is 1.28 bits per heavy atom. The van der Waals surface area contributed by atoms with E-state index in [2.05, 4.69) is 33.0 Å². The Hall–Kier alpha value is -0.570. The van der Waals surface area contributed by atoms with Crippen LogP contribution in [-0.2, 0) is 4.79 Å². The number of carbonyl (C=O) groups is 1. The van der Waals surface area contributed by atoms with Gasteiger partial charge in [0.05, 0.1) is 0 Å². The van der Waals surface area contributed by atoms with E-state index in [1.165, 1.54) is 25.7 Å². The van der Waals surface area contributed by atoms with Gasteiger partial charge in [0.2, 0.25) is 5.91 Å². The predicted molar refractivity (Wildman–Crippen MR) is 76.2 cm³/mol. The molecule has 0 aromatic heterocycles. The molecule has 0 aromatic carbocycles. The van der Waals surface area contributed by atoms with Crippen molar-refractivity contribution in [1.29, 1.82) is 0 Å². The third-order valence-electron chi connectivity index (χ3n) is 4.23. The number of amides is 1. The molecule has 106 valence electrons. The molecule has 1 amide bonds. The van der Waals surface area contributed by atoms with E-state index in [0.29, 0.717) is 18.4 Å². The fourth-order valence-electron chi connectivity index (χ4n) is 2.48. The summed E-state index contributed by atoms with van der Waals surface area (Å²) in [6, 6.07) is 0.283. The highest BCUT2D eigenvalue weighted by atomic mass is 16.1. The molecule has 18 heavy (non-hydrogen) atoms. The van der Waals surface area contributed by atoms with Gasteiger partial charge in [-0.2, -0.15) is 0 Å². The van der Waals surface area contributed by atoms with Crippen LogP contribution in [0, 0.1) is 11.3 Å². The molecule has 0 aliphatic heterocycles. The maximum Gasteiger partial charge on any atom is 0.221 e. The number of nitrogens with two attached hydrogens (primary N) is 1. The zero-order chi connectivity index (χ0) is 13.8. The average molecular weight is 254 g/mol. The van der Waals surface area contributed by atoms with Crippen molar-refractivity contribution in [3.8, 4) is 0 Å². The first-order chi connectivity index (χ1) is 8.30. The van der Waals surface area contributed by atoms with Crippen LogP contribution in [0.2, 0.25) is 0 Å². The van der Waals surface area contributed by atoms with E-state index < -0.39 is 0 Å². The van der Waals surface area contributed by atoms with E-state index in [-0.39, 0.29) is 17.4 Å².